The second kappa shape index (κ2) is 10.1. The van der Waals surface area contributed by atoms with Crippen molar-refractivity contribution in [3.8, 4) is 5.75 Å². The molecule has 2 unspecified atom stereocenters. The highest BCUT2D eigenvalue weighted by molar-refractivity contribution is 6.24. The van der Waals surface area contributed by atoms with Crippen LogP contribution in [0.3, 0.4) is 0 Å². The highest BCUT2D eigenvalue weighted by atomic mass is 19.3. The number of benzene rings is 2. The summed E-state index contributed by atoms with van der Waals surface area (Å²) in [5.74, 6) is -5.31. The Morgan fingerprint density at radius 3 is 2.19 bits per heavy atom. The van der Waals surface area contributed by atoms with Crippen molar-refractivity contribution >= 4 is 28.9 Å². The Hall–Kier alpha value is -3.29. The van der Waals surface area contributed by atoms with Gasteiger partial charge in [0, 0.05) is 31.0 Å². The number of alkyl halides is 2. The topological polar surface area (TPSA) is 91.3 Å². The fourth-order valence-corrected chi connectivity index (χ4v) is 2.74. The van der Waals surface area contributed by atoms with Gasteiger partial charge in [-0.1, -0.05) is 19.1 Å². The molecule has 168 valence electrons. The molecule has 0 saturated carbocycles. The van der Waals surface area contributed by atoms with Gasteiger partial charge in [0.05, 0.1) is 6.10 Å². The maximum atomic E-state index is 13.5. The van der Waals surface area contributed by atoms with Crippen LogP contribution in [-0.4, -0.2) is 23.6 Å². The smallest absolute Gasteiger partial charge is 0.270 e. The molecule has 2 amide bonds. The molecule has 0 bridgehead atoms. The summed E-state index contributed by atoms with van der Waals surface area (Å²) in [4.78, 5) is 25.3. The average molecular weight is 433 g/mol. The lowest BCUT2D eigenvalue weighted by molar-refractivity contribution is -0.126. The van der Waals surface area contributed by atoms with Crippen LogP contribution in [0.1, 0.15) is 41.1 Å². The lowest BCUT2D eigenvalue weighted by Gasteiger charge is -2.17. The van der Waals surface area contributed by atoms with Crippen molar-refractivity contribution in [2.75, 3.05) is 10.6 Å². The van der Waals surface area contributed by atoms with Crippen LogP contribution < -0.4 is 15.4 Å². The van der Waals surface area contributed by atoms with E-state index in [-0.39, 0.29) is 24.5 Å². The van der Waals surface area contributed by atoms with Crippen molar-refractivity contribution in [1.82, 2.24) is 0 Å². The molecule has 2 rings (SSSR count). The molecule has 8 heteroatoms. The predicted octanol–water partition coefficient (Wildman–Crippen LogP) is 5.45. The van der Waals surface area contributed by atoms with Gasteiger partial charge in [-0.05, 0) is 56.7 Å². The number of ether oxygens (including phenoxy) is 1. The zero-order valence-electron chi connectivity index (χ0n) is 18.0. The number of hydrogen-bond acceptors (Lipinski definition) is 4. The van der Waals surface area contributed by atoms with E-state index in [4.69, 9.17) is 10.1 Å². The van der Waals surface area contributed by atoms with Crippen molar-refractivity contribution < 1.29 is 24.5 Å². The van der Waals surface area contributed by atoms with E-state index in [0.29, 0.717) is 11.4 Å². The van der Waals surface area contributed by atoms with Crippen LogP contribution in [0, 0.1) is 11.3 Å². The van der Waals surface area contributed by atoms with Gasteiger partial charge >= 0.3 is 0 Å². The molecule has 0 fully saturated rings. The van der Waals surface area contributed by atoms with Crippen molar-refractivity contribution in [3.05, 3.63) is 54.1 Å². The molecule has 3 N–H and O–H groups in total. The first-order chi connectivity index (χ1) is 14.5. The van der Waals surface area contributed by atoms with Gasteiger partial charge in [-0.15, -0.1) is 0 Å². The van der Waals surface area contributed by atoms with E-state index < -0.39 is 23.7 Å². The van der Waals surface area contributed by atoms with Gasteiger partial charge in [-0.3, -0.25) is 9.59 Å². The summed E-state index contributed by atoms with van der Waals surface area (Å²) in [6.07, 6.45) is 0.910. The van der Waals surface area contributed by atoms with E-state index in [1.165, 1.54) is 25.1 Å². The van der Waals surface area contributed by atoms with Crippen LogP contribution in [0.2, 0.25) is 0 Å². The second-order valence-electron chi connectivity index (χ2n) is 7.42. The molecule has 2 aromatic rings. The number of hydrogen-bond donors (Lipinski definition) is 3. The lowest BCUT2D eigenvalue weighted by atomic mass is 10.0. The Morgan fingerprint density at radius 1 is 1.10 bits per heavy atom. The zero-order chi connectivity index (χ0) is 23.2. The van der Waals surface area contributed by atoms with Crippen LogP contribution >= 0.6 is 0 Å². The van der Waals surface area contributed by atoms with Crippen molar-refractivity contribution in [1.29, 1.82) is 5.41 Å². The van der Waals surface area contributed by atoms with Crippen LogP contribution in [0.5, 0.6) is 5.75 Å². The van der Waals surface area contributed by atoms with E-state index in [9.17, 15) is 18.4 Å². The van der Waals surface area contributed by atoms with E-state index in [2.05, 4.69) is 10.6 Å². The standard InChI is InChI=1S/C23H27F2N3O3.H2/c1-5-14(2)31-19-11-9-17(10-12-19)27-21(29)20(15(3)26)22(30)28-18-8-6-7-16(13-18)23(4,24)25;/h6-14,20,26H,5H2,1-4H3,(H,27,29)(H,28,30);1H. The molecule has 0 aliphatic rings. The third kappa shape index (κ3) is 6.87. The molecular weight excluding hydrogens is 404 g/mol. The van der Waals surface area contributed by atoms with Crippen molar-refractivity contribution in [3.63, 3.8) is 0 Å². The minimum absolute atomic E-state index is 0. The Kier molecular flexibility index (Phi) is 7.85. The maximum Gasteiger partial charge on any atom is 0.270 e. The van der Waals surface area contributed by atoms with Gasteiger partial charge in [0.1, 0.15) is 5.75 Å². The Bertz CT molecular complexity index is 946. The molecule has 2 aromatic carbocycles. The van der Waals surface area contributed by atoms with E-state index in [0.717, 1.165) is 19.4 Å². The molecule has 31 heavy (non-hydrogen) atoms. The fraction of sp³-hybridized carbons (Fsp3) is 0.348. The predicted molar refractivity (Wildman–Crippen MR) is 119 cm³/mol. The highest BCUT2D eigenvalue weighted by Gasteiger charge is 2.30. The molecule has 2 atom stereocenters. The van der Waals surface area contributed by atoms with Gasteiger partial charge in [0.2, 0.25) is 11.8 Å². The van der Waals surface area contributed by atoms with Crippen molar-refractivity contribution in [2.24, 2.45) is 5.92 Å². The average Bonchev–Trinajstić information content (AvgIpc) is 2.68. The summed E-state index contributed by atoms with van der Waals surface area (Å²) < 4.78 is 32.7. The van der Waals surface area contributed by atoms with E-state index in [1.807, 2.05) is 13.8 Å². The molecular formula is C23H29F2N3O3. The molecule has 6 nitrogen and oxygen atoms in total. The Balaban J connectivity index is 0.00000512. The van der Waals surface area contributed by atoms with E-state index in [1.54, 1.807) is 24.3 Å². The minimum Gasteiger partial charge on any atom is -0.491 e. The molecule has 0 spiro atoms. The molecule has 0 heterocycles. The van der Waals surface area contributed by atoms with E-state index >= 15 is 0 Å². The third-order valence-corrected chi connectivity index (χ3v) is 4.63. The van der Waals surface area contributed by atoms with Crippen molar-refractivity contribution in [2.45, 2.75) is 46.1 Å². The molecule has 0 radical (unpaired) electrons. The van der Waals surface area contributed by atoms with Crippen LogP contribution in [0.15, 0.2) is 48.5 Å². The highest BCUT2D eigenvalue weighted by Crippen LogP contribution is 2.28. The quantitative estimate of drug-likeness (QED) is 0.362. The monoisotopic (exact) mass is 433 g/mol. The second-order valence-corrected chi connectivity index (χ2v) is 7.42. The minimum atomic E-state index is -3.07. The van der Waals surface area contributed by atoms with Gasteiger partial charge in [0.25, 0.3) is 5.92 Å². The largest absolute Gasteiger partial charge is 0.491 e. The number of carbonyl (C=O) groups excluding carboxylic acids is 2. The van der Waals surface area contributed by atoms with Crippen LogP contribution in [0.25, 0.3) is 0 Å². The van der Waals surface area contributed by atoms with Gasteiger partial charge in [-0.25, -0.2) is 8.78 Å². The number of rotatable bonds is 9. The first-order valence-electron chi connectivity index (χ1n) is 9.93. The maximum absolute atomic E-state index is 13.5. The summed E-state index contributed by atoms with van der Waals surface area (Å²) >= 11 is 0. The van der Waals surface area contributed by atoms with Gasteiger partial charge in [0.15, 0.2) is 5.92 Å². The molecule has 0 aliphatic heterocycles. The molecule has 0 saturated heterocycles. The third-order valence-electron chi connectivity index (χ3n) is 4.63. The SMILES string of the molecule is CCC(C)Oc1ccc(NC(=O)C(C(C)=N)C(=O)Nc2cccc(C(C)(F)F)c2)cc1.[HH]. The first-order valence-corrected chi connectivity index (χ1v) is 9.93. The van der Waals surface area contributed by atoms with Crippen LogP contribution in [-0.2, 0) is 15.5 Å². The summed E-state index contributed by atoms with van der Waals surface area (Å²) in [5.41, 5.74) is 0.115. The Morgan fingerprint density at radius 2 is 1.68 bits per heavy atom. The number of halogens is 2. The number of anilines is 2. The van der Waals surface area contributed by atoms with Gasteiger partial charge in [-0.2, -0.15) is 0 Å². The van der Waals surface area contributed by atoms with Crippen LogP contribution in [0.4, 0.5) is 20.2 Å². The summed E-state index contributed by atoms with van der Waals surface area (Å²) in [6, 6.07) is 11.9. The normalized spacial score (nSPS) is 13.1. The molecule has 0 aliphatic carbocycles. The summed E-state index contributed by atoms with van der Waals surface area (Å²) in [5, 5.41) is 12.9. The first kappa shape index (κ1) is 24.0. The molecule has 0 aromatic heterocycles. The zero-order valence-corrected chi connectivity index (χ0v) is 18.0. The van der Waals surface area contributed by atoms with Gasteiger partial charge < -0.3 is 20.8 Å². The number of nitrogens with one attached hydrogen (secondary N) is 3. The lowest BCUT2D eigenvalue weighted by Crippen LogP contribution is -2.38. The number of carbonyl (C=O) groups is 2. The summed E-state index contributed by atoms with van der Waals surface area (Å²) in [6.45, 7) is 6.05. The number of amides is 2. The Labute approximate surface area is 182 Å². The fourth-order valence-electron chi connectivity index (χ4n) is 2.74. The summed E-state index contributed by atoms with van der Waals surface area (Å²) in [7, 11) is 0.